The summed E-state index contributed by atoms with van der Waals surface area (Å²) in [4.78, 5) is 26.6. The topological polar surface area (TPSA) is 46.6 Å². The number of nitrogens with zero attached hydrogens (tertiary/aromatic N) is 1. The fourth-order valence-corrected chi connectivity index (χ4v) is 6.02. The van der Waals surface area contributed by atoms with E-state index < -0.39 is 0 Å². The van der Waals surface area contributed by atoms with Gasteiger partial charge in [0.15, 0.2) is 0 Å². The van der Waals surface area contributed by atoms with Gasteiger partial charge in [0, 0.05) is 17.8 Å². The highest BCUT2D eigenvalue weighted by atomic mass is 32.2. The lowest BCUT2D eigenvalue weighted by atomic mass is 10.1. The van der Waals surface area contributed by atoms with Crippen molar-refractivity contribution in [2.24, 2.45) is 0 Å². The van der Waals surface area contributed by atoms with Gasteiger partial charge in [-0.2, -0.15) is 0 Å². The van der Waals surface area contributed by atoms with E-state index in [1.807, 2.05) is 66.8 Å². The molecule has 0 aliphatic carbocycles. The minimum Gasteiger partial charge on any atom is -0.469 e. The first-order chi connectivity index (χ1) is 13.6. The van der Waals surface area contributed by atoms with Crippen LogP contribution in [0.5, 0.6) is 0 Å². The highest BCUT2D eigenvalue weighted by Crippen LogP contribution is 2.43. The molecule has 0 radical (unpaired) electrons. The number of carbonyl (C=O) groups excluding carboxylic acids is 2. The molecule has 1 amide bonds. The summed E-state index contributed by atoms with van der Waals surface area (Å²) < 4.78 is 5.20. The van der Waals surface area contributed by atoms with Crippen molar-refractivity contribution in [3.05, 3.63) is 65.2 Å². The standard InChI is InChI=1S/C22H25NO3S2/c1-16-6-3-4-7-19(16)23(13-12-20(24)26-2)21(25)17-8-10-18(11-9-17)22-27-14-5-15-28-22/h3-4,6-11,22H,5,12-15H2,1-2H3. The lowest BCUT2D eigenvalue weighted by Gasteiger charge is -2.25. The molecule has 0 saturated carbocycles. The SMILES string of the molecule is COC(=O)CCN(C(=O)c1ccc(C2SCCCS2)cc1)c1ccccc1C. The van der Waals surface area contributed by atoms with Crippen molar-refractivity contribution in [1.29, 1.82) is 0 Å². The fraction of sp³-hybridized carbons (Fsp3) is 0.364. The molecule has 0 bridgehead atoms. The van der Waals surface area contributed by atoms with Gasteiger partial charge in [0.05, 0.1) is 18.1 Å². The van der Waals surface area contributed by atoms with Crippen LogP contribution in [0.1, 0.15) is 38.9 Å². The summed E-state index contributed by atoms with van der Waals surface area (Å²) in [6, 6.07) is 15.6. The van der Waals surface area contributed by atoms with Crippen LogP contribution in [0.15, 0.2) is 48.5 Å². The Morgan fingerprint density at radius 3 is 2.39 bits per heavy atom. The van der Waals surface area contributed by atoms with Crippen molar-refractivity contribution in [1.82, 2.24) is 0 Å². The van der Waals surface area contributed by atoms with Crippen molar-refractivity contribution in [2.75, 3.05) is 30.1 Å². The number of ether oxygens (including phenoxy) is 1. The molecule has 1 aliphatic rings. The second kappa shape index (κ2) is 10.0. The molecule has 0 spiro atoms. The zero-order valence-corrected chi connectivity index (χ0v) is 17.9. The number of para-hydroxylation sites is 1. The normalized spacial score (nSPS) is 14.5. The number of esters is 1. The van der Waals surface area contributed by atoms with Gasteiger partial charge >= 0.3 is 5.97 Å². The number of thioether (sulfide) groups is 2. The summed E-state index contributed by atoms with van der Waals surface area (Å²) in [6.45, 7) is 2.25. The van der Waals surface area contributed by atoms with E-state index in [4.69, 9.17) is 4.74 Å². The molecule has 0 atom stereocenters. The summed E-state index contributed by atoms with van der Waals surface area (Å²) in [6.07, 6.45) is 1.41. The number of hydrogen-bond acceptors (Lipinski definition) is 5. The zero-order valence-electron chi connectivity index (χ0n) is 16.2. The molecule has 0 unspecified atom stereocenters. The van der Waals surface area contributed by atoms with E-state index >= 15 is 0 Å². The van der Waals surface area contributed by atoms with Gasteiger partial charge in [-0.15, -0.1) is 23.5 Å². The van der Waals surface area contributed by atoms with Crippen LogP contribution in [0.2, 0.25) is 0 Å². The molecular weight excluding hydrogens is 390 g/mol. The van der Waals surface area contributed by atoms with Gasteiger partial charge in [0.25, 0.3) is 5.91 Å². The highest BCUT2D eigenvalue weighted by Gasteiger charge is 2.22. The van der Waals surface area contributed by atoms with Gasteiger partial charge in [0.2, 0.25) is 0 Å². The van der Waals surface area contributed by atoms with Crippen LogP contribution in [-0.2, 0) is 9.53 Å². The van der Waals surface area contributed by atoms with E-state index in [1.54, 1.807) is 4.90 Å². The quantitative estimate of drug-likeness (QED) is 0.616. The Bertz CT molecular complexity index is 817. The van der Waals surface area contributed by atoms with Crippen molar-refractivity contribution >= 4 is 41.1 Å². The van der Waals surface area contributed by atoms with Crippen molar-refractivity contribution in [3.8, 4) is 0 Å². The molecule has 0 aromatic heterocycles. The van der Waals surface area contributed by atoms with E-state index in [0.29, 0.717) is 10.1 Å². The molecule has 1 aliphatic heterocycles. The molecule has 0 N–H and O–H groups in total. The smallest absolute Gasteiger partial charge is 0.307 e. The first kappa shape index (κ1) is 20.8. The Morgan fingerprint density at radius 1 is 1.07 bits per heavy atom. The third-order valence-corrected chi connectivity index (χ3v) is 7.69. The number of benzene rings is 2. The lowest BCUT2D eigenvalue weighted by Crippen LogP contribution is -2.33. The number of anilines is 1. The zero-order chi connectivity index (χ0) is 19.9. The Morgan fingerprint density at radius 2 is 1.75 bits per heavy atom. The maximum Gasteiger partial charge on any atom is 0.307 e. The number of hydrogen-bond donors (Lipinski definition) is 0. The second-order valence-corrected chi connectivity index (χ2v) is 9.34. The molecular formula is C22H25NO3S2. The average molecular weight is 416 g/mol. The molecule has 1 heterocycles. The monoisotopic (exact) mass is 415 g/mol. The fourth-order valence-electron chi connectivity index (χ4n) is 3.12. The largest absolute Gasteiger partial charge is 0.469 e. The maximum atomic E-state index is 13.2. The number of rotatable bonds is 6. The number of aryl methyl sites for hydroxylation is 1. The summed E-state index contributed by atoms with van der Waals surface area (Å²) in [5.74, 6) is 1.95. The maximum absolute atomic E-state index is 13.2. The van der Waals surface area contributed by atoms with E-state index in [0.717, 1.165) is 11.3 Å². The summed E-state index contributed by atoms with van der Waals surface area (Å²) in [5.41, 5.74) is 3.69. The molecule has 4 nitrogen and oxygen atoms in total. The molecule has 3 rings (SSSR count). The van der Waals surface area contributed by atoms with Crippen molar-refractivity contribution in [2.45, 2.75) is 24.3 Å². The van der Waals surface area contributed by atoms with E-state index in [2.05, 4.69) is 12.1 Å². The third-order valence-electron chi connectivity index (χ3n) is 4.68. The van der Waals surface area contributed by atoms with Crippen LogP contribution in [0.4, 0.5) is 5.69 Å². The summed E-state index contributed by atoms with van der Waals surface area (Å²) in [7, 11) is 1.36. The molecule has 1 fully saturated rings. The number of amides is 1. The highest BCUT2D eigenvalue weighted by molar-refractivity contribution is 8.16. The number of carbonyl (C=O) groups is 2. The van der Waals surface area contributed by atoms with Gasteiger partial charge in [-0.05, 0) is 54.2 Å². The molecule has 1 saturated heterocycles. The summed E-state index contributed by atoms with van der Waals surface area (Å²) in [5, 5.41) is 0. The van der Waals surface area contributed by atoms with Crippen LogP contribution in [-0.4, -0.2) is 37.0 Å². The minimum absolute atomic E-state index is 0.103. The first-order valence-corrected chi connectivity index (χ1v) is 11.5. The van der Waals surface area contributed by atoms with Gasteiger partial charge in [-0.1, -0.05) is 30.3 Å². The predicted octanol–water partition coefficient (Wildman–Crippen LogP) is 5.07. The van der Waals surface area contributed by atoms with Gasteiger partial charge < -0.3 is 9.64 Å². The van der Waals surface area contributed by atoms with E-state index in [1.165, 1.54) is 30.6 Å². The van der Waals surface area contributed by atoms with Crippen molar-refractivity contribution in [3.63, 3.8) is 0 Å². The van der Waals surface area contributed by atoms with Crippen LogP contribution < -0.4 is 4.90 Å². The molecule has 148 valence electrons. The molecule has 2 aromatic carbocycles. The minimum atomic E-state index is -0.326. The lowest BCUT2D eigenvalue weighted by molar-refractivity contribution is -0.140. The van der Waals surface area contributed by atoms with Crippen molar-refractivity contribution < 1.29 is 14.3 Å². The van der Waals surface area contributed by atoms with E-state index in [-0.39, 0.29) is 24.8 Å². The van der Waals surface area contributed by atoms with Gasteiger partial charge in [-0.25, -0.2) is 0 Å². The van der Waals surface area contributed by atoms with Crippen LogP contribution in [0, 0.1) is 6.92 Å². The van der Waals surface area contributed by atoms with Gasteiger partial charge in [0.1, 0.15) is 0 Å². The number of methoxy groups -OCH3 is 1. The molecule has 6 heteroatoms. The Labute approximate surface area is 175 Å². The second-order valence-electron chi connectivity index (χ2n) is 6.62. The average Bonchev–Trinajstić information content (AvgIpc) is 2.75. The van der Waals surface area contributed by atoms with Crippen LogP contribution in [0.25, 0.3) is 0 Å². The Balaban J connectivity index is 1.81. The third kappa shape index (κ3) is 5.11. The first-order valence-electron chi connectivity index (χ1n) is 9.37. The molecule has 28 heavy (non-hydrogen) atoms. The summed E-state index contributed by atoms with van der Waals surface area (Å²) >= 11 is 3.93. The van der Waals surface area contributed by atoms with E-state index in [9.17, 15) is 9.59 Å². The van der Waals surface area contributed by atoms with Gasteiger partial charge in [-0.3, -0.25) is 9.59 Å². The Hall–Kier alpha value is -1.92. The Kier molecular flexibility index (Phi) is 7.45. The predicted molar refractivity (Wildman–Crippen MR) is 118 cm³/mol. The molecule has 2 aromatic rings. The van der Waals surface area contributed by atoms with Crippen LogP contribution in [0.3, 0.4) is 0 Å². The van der Waals surface area contributed by atoms with Crippen LogP contribution >= 0.6 is 23.5 Å².